The van der Waals surface area contributed by atoms with E-state index < -0.39 is 0 Å². The van der Waals surface area contributed by atoms with Crippen molar-refractivity contribution in [1.29, 1.82) is 0 Å². The zero-order chi connectivity index (χ0) is 22.1. The number of anilines is 1. The number of ether oxygens (including phenoxy) is 1. The van der Waals surface area contributed by atoms with Crippen LogP contribution < -0.4 is 15.0 Å². The van der Waals surface area contributed by atoms with Gasteiger partial charge in [0.1, 0.15) is 23.3 Å². The Morgan fingerprint density at radius 2 is 1.78 bits per heavy atom. The summed E-state index contributed by atoms with van der Waals surface area (Å²) in [7, 11) is 1.65. The van der Waals surface area contributed by atoms with Gasteiger partial charge < -0.3 is 19.4 Å². The molecule has 0 unspecified atom stereocenters. The lowest BCUT2D eigenvalue weighted by Crippen LogP contribution is -2.29. The van der Waals surface area contributed by atoms with Crippen molar-refractivity contribution in [3.8, 4) is 17.1 Å². The smallest absolute Gasteiger partial charge is 0.174 e. The number of pyridine rings is 1. The molecule has 0 aliphatic carbocycles. The molecule has 1 aliphatic rings. The molecule has 2 atom stereocenters. The Morgan fingerprint density at radius 1 is 1.00 bits per heavy atom. The second kappa shape index (κ2) is 8.65. The van der Waals surface area contributed by atoms with E-state index in [9.17, 15) is 0 Å². The van der Waals surface area contributed by atoms with Crippen LogP contribution in [0.1, 0.15) is 23.5 Å². The normalized spacial score (nSPS) is 17.9. The molecule has 2 aromatic heterocycles. The van der Waals surface area contributed by atoms with Crippen molar-refractivity contribution >= 4 is 34.6 Å². The van der Waals surface area contributed by atoms with E-state index in [1.807, 2.05) is 78.9 Å². The van der Waals surface area contributed by atoms with Gasteiger partial charge in [0.2, 0.25) is 0 Å². The van der Waals surface area contributed by atoms with Crippen molar-refractivity contribution < 1.29 is 9.15 Å². The lowest BCUT2D eigenvalue weighted by atomic mass is 10.0. The van der Waals surface area contributed by atoms with Gasteiger partial charge in [0.15, 0.2) is 5.11 Å². The number of hydrogen-bond donors (Lipinski definition) is 1. The predicted octanol–water partition coefficient (Wildman–Crippen LogP) is 6.18. The first-order valence-electron chi connectivity index (χ1n) is 10.1. The number of rotatable bonds is 5. The van der Waals surface area contributed by atoms with Crippen LogP contribution in [0.5, 0.6) is 5.75 Å². The molecular formula is C25H20ClN3O2S. The number of nitrogens with zero attached hydrogens (tertiary/aromatic N) is 2. The fraction of sp³-hybridized carbons (Fsp3) is 0.120. The second-order valence-electron chi connectivity index (χ2n) is 7.40. The summed E-state index contributed by atoms with van der Waals surface area (Å²) in [6.45, 7) is 0. The highest BCUT2D eigenvalue weighted by Crippen LogP contribution is 2.43. The fourth-order valence-electron chi connectivity index (χ4n) is 3.95. The molecule has 1 aliphatic heterocycles. The first kappa shape index (κ1) is 20.5. The van der Waals surface area contributed by atoms with Crippen LogP contribution in [0.2, 0.25) is 5.02 Å². The minimum absolute atomic E-state index is 0.171. The van der Waals surface area contributed by atoms with Gasteiger partial charge >= 0.3 is 0 Å². The Hall–Kier alpha value is -3.35. The highest BCUT2D eigenvalue weighted by atomic mass is 35.5. The molecule has 2 aromatic carbocycles. The third kappa shape index (κ3) is 3.83. The molecule has 5 nitrogen and oxygen atoms in total. The minimum atomic E-state index is -0.216. The summed E-state index contributed by atoms with van der Waals surface area (Å²) in [5.41, 5.74) is 2.79. The van der Waals surface area contributed by atoms with Crippen LogP contribution in [0.25, 0.3) is 11.3 Å². The van der Waals surface area contributed by atoms with Gasteiger partial charge in [-0.05, 0) is 85.0 Å². The van der Waals surface area contributed by atoms with E-state index in [1.165, 1.54) is 0 Å². The van der Waals surface area contributed by atoms with Gasteiger partial charge in [0.25, 0.3) is 0 Å². The van der Waals surface area contributed by atoms with Crippen molar-refractivity contribution in [2.24, 2.45) is 0 Å². The van der Waals surface area contributed by atoms with E-state index in [-0.39, 0.29) is 12.1 Å². The number of hydrogen-bond acceptors (Lipinski definition) is 4. The third-order valence-corrected chi connectivity index (χ3v) is 6.06. The average molecular weight is 462 g/mol. The standard InChI is InChI=1S/C25H20ClN3O2S/c1-30-19-11-9-18(10-12-19)29-24(23(28-25(29)32)20-4-2-3-15-27-20)22-14-13-21(31-22)16-5-7-17(26)8-6-16/h2-15,23-24H,1H3,(H,28,32)/t23-,24-/m1/s1. The molecular weight excluding hydrogens is 442 g/mol. The summed E-state index contributed by atoms with van der Waals surface area (Å²) in [6.07, 6.45) is 1.79. The van der Waals surface area contributed by atoms with Gasteiger partial charge in [-0.15, -0.1) is 0 Å². The Labute approximate surface area is 196 Å². The maximum Gasteiger partial charge on any atom is 0.174 e. The van der Waals surface area contributed by atoms with E-state index in [4.69, 9.17) is 33.0 Å². The molecule has 3 heterocycles. The Balaban J connectivity index is 1.57. The topological polar surface area (TPSA) is 50.5 Å². The summed E-state index contributed by atoms with van der Waals surface area (Å²) in [4.78, 5) is 6.64. The van der Waals surface area contributed by atoms with Gasteiger partial charge in [0.05, 0.1) is 18.8 Å². The van der Waals surface area contributed by atoms with Crippen LogP contribution in [0.15, 0.2) is 89.5 Å². The summed E-state index contributed by atoms with van der Waals surface area (Å²) >= 11 is 11.8. The van der Waals surface area contributed by atoms with Crippen LogP contribution >= 0.6 is 23.8 Å². The van der Waals surface area contributed by atoms with E-state index in [0.717, 1.165) is 34.2 Å². The predicted molar refractivity (Wildman–Crippen MR) is 130 cm³/mol. The Bertz CT molecular complexity index is 1230. The van der Waals surface area contributed by atoms with Crippen molar-refractivity contribution in [2.45, 2.75) is 12.1 Å². The number of halogens is 1. The summed E-state index contributed by atoms with van der Waals surface area (Å²) in [6, 6.07) is 24.9. The molecule has 4 aromatic rings. The van der Waals surface area contributed by atoms with E-state index in [0.29, 0.717) is 10.1 Å². The maximum atomic E-state index is 6.35. The Morgan fingerprint density at radius 3 is 2.47 bits per heavy atom. The van der Waals surface area contributed by atoms with Crippen molar-refractivity contribution in [3.05, 3.63) is 102 Å². The lowest BCUT2D eigenvalue weighted by molar-refractivity contribution is 0.414. The number of aromatic nitrogens is 1. The fourth-order valence-corrected chi connectivity index (χ4v) is 4.42. The molecule has 1 fully saturated rings. The number of benzene rings is 2. The molecule has 0 saturated carbocycles. The number of methoxy groups -OCH3 is 1. The first-order valence-corrected chi connectivity index (χ1v) is 10.9. The van der Waals surface area contributed by atoms with Crippen molar-refractivity contribution in [3.63, 3.8) is 0 Å². The highest BCUT2D eigenvalue weighted by Gasteiger charge is 2.42. The minimum Gasteiger partial charge on any atom is -0.497 e. The molecule has 160 valence electrons. The molecule has 32 heavy (non-hydrogen) atoms. The van der Waals surface area contributed by atoms with E-state index >= 15 is 0 Å². The molecule has 0 bridgehead atoms. The number of thiocarbonyl (C=S) groups is 1. The van der Waals surface area contributed by atoms with Crippen LogP contribution in [0.4, 0.5) is 5.69 Å². The molecule has 0 spiro atoms. The quantitative estimate of drug-likeness (QED) is 0.358. The van der Waals surface area contributed by atoms with E-state index in [2.05, 4.69) is 15.2 Å². The van der Waals surface area contributed by atoms with Gasteiger partial charge in [-0.1, -0.05) is 17.7 Å². The van der Waals surface area contributed by atoms with Gasteiger partial charge in [-0.3, -0.25) is 4.98 Å². The monoisotopic (exact) mass is 461 g/mol. The first-order chi connectivity index (χ1) is 15.6. The maximum absolute atomic E-state index is 6.35. The lowest BCUT2D eigenvalue weighted by Gasteiger charge is -2.26. The SMILES string of the molecule is COc1ccc(N2C(=S)N[C@H](c3ccccn3)[C@H]2c2ccc(-c3ccc(Cl)cc3)o2)cc1. The third-order valence-electron chi connectivity index (χ3n) is 5.50. The van der Waals surface area contributed by atoms with Crippen LogP contribution in [-0.4, -0.2) is 17.2 Å². The van der Waals surface area contributed by atoms with Crippen molar-refractivity contribution in [1.82, 2.24) is 10.3 Å². The number of nitrogens with one attached hydrogen (secondary N) is 1. The van der Waals surface area contributed by atoms with Gasteiger partial charge in [-0.2, -0.15) is 0 Å². The second-order valence-corrected chi connectivity index (χ2v) is 8.23. The zero-order valence-corrected chi connectivity index (χ0v) is 18.8. The van der Waals surface area contributed by atoms with Crippen LogP contribution in [0.3, 0.4) is 0 Å². The summed E-state index contributed by atoms with van der Waals surface area (Å²) in [5.74, 6) is 2.34. The van der Waals surface area contributed by atoms with Crippen LogP contribution in [-0.2, 0) is 0 Å². The zero-order valence-electron chi connectivity index (χ0n) is 17.2. The van der Waals surface area contributed by atoms with Crippen LogP contribution in [0, 0.1) is 0 Å². The molecule has 5 rings (SSSR count). The highest BCUT2D eigenvalue weighted by molar-refractivity contribution is 7.80. The molecule has 1 N–H and O–H groups in total. The number of furan rings is 1. The van der Waals surface area contributed by atoms with Gasteiger partial charge in [-0.25, -0.2) is 0 Å². The largest absolute Gasteiger partial charge is 0.497 e. The summed E-state index contributed by atoms with van der Waals surface area (Å²) in [5, 5.41) is 4.74. The summed E-state index contributed by atoms with van der Waals surface area (Å²) < 4.78 is 11.7. The van der Waals surface area contributed by atoms with E-state index in [1.54, 1.807) is 13.3 Å². The molecule has 0 radical (unpaired) electrons. The molecule has 7 heteroatoms. The van der Waals surface area contributed by atoms with Gasteiger partial charge in [0, 0.05) is 22.5 Å². The average Bonchev–Trinajstić information content (AvgIpc) is 3.45. The Kier molecular flexibility index (Phi) is 5.55. The van der Waals surface area contributed by atoms with Crippen molar-refractivity contribution in [2.75, 3.05) is 12.0 Å². The molecule has 0 amide bonds. The molecule has 1 saturated heterocycles.